The van der Waals surface area contributed by atoms with Crippen molar-refractivity contribution >= 4 is 23.4 Å². The lowest BCUT2D eigenvalue weighted by atomic mass is 10.2. The molecule has 31 heavy (non-hydrogen) atoms. The topological polar surface area (TPSA) is 89.1 Å². The number of amides is 1. The van der Waals surface area contributed by atoms with Gasteiger partial charge in [-0.15, -0.1) is 5.10 Å². The van der Waals surface area contributed by atoms with Crippen molar-refractivity contribution in [3.8, 4) is 28.6 Å². The van der Waals surface area contributed by atoms with Crippen LogP contribution in [0.4, 0.5) is 5.69 Å². The van der Waals surface area contributed by atoms with Crippen LogP contribution in [0.1, 0.15) is 0 Å². The Morgan fingerprint density at radius 3 is 2.32 bits per heavy atom. The Morgan fingerprint density at radius 1 is 0.935 bits per heavy atom. The third-order valence-corrected chi connectivity index (χ3v) is 5.12. The number of benzene rings is 3. The minimum atomic E-state index is -0.141. The van der Waals surface area contributed by atoms with Crippen LogP contribution in [0.5, 0.6) is 17.2 Å². The van der Waals surface area contributed by atoms with Gasteiger partial charge in [-0.1, -0.05) is 30.0 Å². The van der Waals surface area contributed by atoms with Crippen LogP contribution in [-0.4, -0.2) is 34.0 Å². The molecule has 156 valence electrons. The smallest absolute Gasteiger partial charge is 0.234 e. The molecule has 0 bridgehead atoms. The van der Waals surface area contributed by atoms with Gasteiger partial charge in [0.25, 0.3) is 0 Å². The van der Waals surface area contributed by atoms with Crippen LogP contribution in [0.3, 0.4) is 0 Å². The van der Waals surface area contributed by atoms with Crippen molar-refractivity contribution in [2.75, 3.05) is 18.2 Å². The fourth-order valence-electron chi connectivity index (χ4n) is 2.75. The highest BCUT2D eigenvalue weighted by Crippen LogP contribution is 2.24. The molecule has 0 atom stereocenters. The number of carbonyl (C=O) groups excluding carboxylic acids is 1. The predicted octanol–water partition coefficient (Wildman–Crippen LogP) is 5.00. The summed E-state index contributed by atoms with van der Waals surface area (Å²) in [6, 6.07) is 24.3. The number of anilines is 1. The van der Waals surface area contributed by atoms with Crippen LogP contribution in [0.2, 0.25) is 0 Å². The van der Waals surface area contributed by atoms with E-state index in [1.54, 1.807) is 19.2 Å². The molecule has 1 aromatic heterocycles. The zero-order chi connectivity index (χ0) is 21.5. The summed E-state index contributed by atoms with van der Waals surface area (Å²) < 4.78 is 10.9. The molecule has 0 aliphatic rings. The first-order valence-corrected chi connectivity index (χ1v) is 10.5. The van der Waals surface area contributed by atoms with E-state index in [4.69, 9.17) is 9.47 Å². The van der Waals surface area contributed by atoms with E-state index in [0.717, 1.165) is 17.1 Å². The first-order chi connectivity index (χ1) is 15.2. The van der Waals surface area contributed by atoms with Crippen LogP contribution in [0, 0.1) is 0 Å². The van der Waals surface area contributed by atoms with Crippen LogP contribution in [0.15, 0.2) is 84.0 Å². The van der Waals surface area contributed by atoms with Crippen molar-refractivity contribution in [2.24, 2.45) is 0 Å². The number of para-hydroxylation sites is 1. The average molecular weight is 433 g/mol. The SMILES string of the molecule is COc1ccc(-c2nc(SCC(=O)Nc3ccc(Oc4ccccc4)cc3)n[nH]2)cc1. The third-order valence-electron chi connectivity index (χ3n) is 4.28. The van der Waals surface area contributed by atoms with Crippen molar-refractivity contribution in [2.45, 2.75) is 5.16 Å². The van der Waals surface area contributed by atoms with Gasteiger partial charge in [0.05, 0.1) is 12.9 Å². The number of aromatic nitrogens is 3. The maximum Gasteiger partial charge on any atom is 0.234 e. The minimum Gasteiger partial charge on any atom is -0.497 e. The van der Waals surface area contributed by atoms with Crippen molar-refractivity contribution in [1.29, 1.82) is 0 Å². The highest BCUT2D eigenvalue weighted by atomic mass is 32.2. The number of aromatic amines is 1. The van der Waals surface area contributed by atoms with E-state index in [9.17, 15) is 4.79 Å². The molecular formula is C23H20N4O3S. The van der Waals surface area contributed by atoms with E-state index in [2.05, 4.69) is 20.5 Å². The number of thioether (sulfide) groups is 1. The molecule has 0 unspecified atom stereocenters. The van der Waals surface area contributed by atoms with Gasteiger partial charge in [0, 0.05) is 11.3 Å². The number of rotatable bonds is 8. The lowest BCUT2D eigenvalue weighted by molar-refractivity contribution is -0.113. The minimum absolute atomic E-state index is 0.141. The molecule has 0 radical (unpaired) electrons. The molecule has 3 aromatic carbocycles. The van der Waals surface area contributed by atoms with E-state index in [-0.39, 0.29) is 11.7 Å². The van der Waals surface area contributed by atoms with E-state index in [1.165, 1.54) is 11.8 Å². The maximum absolute atomic E-state index is 12.3. The summed E-state index contributed by atoms with van der Waals surface area (Å²) in [5, 5.41) is 10.4. The zero-order valence-corrected chi connectivity index (χ0v) is 17.6. The summed E-state index contributed by atoms with van der Waals surface area (Å²) in [7, 11) is 1.62. The summed E-state index contributed by atoms with van der Waals surface area (Å²) in [5.74, 6) is 2.93. The Labute approximate surface area is 183 Å². The van der Waals surface area contributed by atoms with Gasteiger partial charge in [0.15, 0.2) is 5.82 Å². The lowest BCUT2D eigenvalue weighted by Gasteiger charge is -2.07. The van der Waals surface area contributed by atoms with E-state index in [1.807, 2.05) is 66.7 Å². The van der Waals surface area contributed by atoms with Crippen LogP contribution >= 0.6 is 11.8 Å². The molecule has 0 fully saturated rings. The quantitative estimate of drug-likeness (QED) is 0.381. The van der Waals surface area contributed by atoms with Crippen molar-refractivity contribution < 1.29 is 14.3 Å². The molecular weight excluding hydrogens is 412 g/mol. The second-order valence-electron chi connectivity index (χ2n) is 6.47. The Hall–Kier alpha value is -3.78. The molecule has 0 saturated carbocycles. The first kappa shape index (κ1) is 20.5. The third kappa shape index (κ3) is 5.64. The summed E-state index contributed by atoms with van der Waals surface area (Å²) in [6.07, 6.45) is 0. The fourth-order valence-corrected chi connectivity index (χ4v) is 3.35. The number of H-pyrrole nitrogens is 1. The highest BCUT2D eigenvalue weighted by molar-refractivity contribution is 7.99. The molecule has 0 spiro atoms. The zero-order valence-electron chi connectivity index (χ0n) is 16.7. The summed E-state index contributed by atoms with van der Waals surface area (Å²) in [4.78, 5) is 16.7. The van der Waals surface area contributed by atoms with Gasteiger partial charge in [-0.25, -0.2) is 4.98 Å². The Kier molecular flexibility index (Phi) is 6.49. The number of hydrogen-bond acceptors (Lipinski definition) is 6. The summed E-state index contributed by atoms with van der Waals surface area (Å²) in [5.41, 5.74) is 1.59. The van der Waals surface area contributed by atoms with Crippen LogP contribution in [0.25, 0.3) is 11.4 Å². The molecule has 0 saturated heterocycles. The number of nitrogens with one attached hydrogen (secondary N) is 2. The standard InChI is InChI=1S/C23H20N4O3S/c1-29-18-11-7-16(8-12-18)22-25-23(27-26-22)31-15-21(28)24-17-9-13-20(14-10-17)30-19-5-3-2-4-6-19/h2-14H,15H2,1H3,(H,24,28)(H,25,26,27). The fraction of sp³-hybridized carbons (Fsp3) is 0.0870. The van der Waals surface area contributed by atoms with Crippen LogP contribution in [-0.2, 0) is 4.79 Å². The van der Waals surface area contributed by atoms with E-state index >= 15 is 0 Å². The number of methoxy groups -OCH3 is 1. The van der Waals surface area contributed by atoms with Crippen molar-refractivity contribution in [3.05, 3.63) is 78.9 Å². The number of ether oxygens (including phenoxy) is 2. The molecule has 0 aliphatic heterocycles. The van der Waals surface area contributed by atoms with Gasteiger partial charge >= 0.3 is 0 Å². The van der Waals surface area contributed by atoms with Gasteiger partial charge in [-0.05, 0) is 60.7 Å². The predicted molar refractivity (Wildman–Crippen MR) is 121 cm³/mol. The average Bonchev–Trinajstić information content (AvgIpc) is 3.29. The molecule has 1 amide bonds. The van der Waals surface area contributed by atoms with Gasteiger partial charge in [0.1, 0.15) is 17.2 Å². The summed E-state index contributed by atoms with van der Waals surface area (Å²) in [6.45, 7) is 0. The molecule has 1 heterocycles. The van der Waals surface area contributed by atoms with Crippen molar-refractivity contribution in [1.82, 2.24) is 15.2 Å². The van der Waals surface area contributed by atoms with Gasteiger partial charge in [-0.2, -0.15) is 0 Å². The van der Waals surface area contributed by atoms with Crippen LogP contribution < -0.4 is 14.8 Å². The first-order valence-electron chi connectivity index (χ1n) is 9.52. The van der Waals surface area contributed by atoms with Gasteiger partial charge < -0.3 is 14.8 Å². The Bertz CT molecular complexity index is 1130. The summed E-state index contributed by atoms with van der Waals surface area (Å²) >= 11 is 1.26. The normalized spacial score (nSPS) is 10.5. The second kappa shape index (κ2) is 9.82. The van der Waals surface area contributed by atoms with Gasteiger partial charge in [0.2, 0.25) is 11.1 Å². The Morgan fingerprint density at radius 2 is 1.61 bits per heavy atom. The van der Waals surface area contributed by atoms with Crippen molar-refractivity contribution in [3.63, 3.8) is 0 Å². The van der Waals surface area contributed by atoms with E-state index in [0.29, 0.717) is 22.4 Å². The largest absolute Gasteiger partial charge is 0.497 e. The molecule has 0 aliphatic carbocycles. The second-order valence-corrected chi connectivity index (χ2v) is 7.41. The monoisotopic (exact) mass is 432 g/mol. The molecule has 8 heteroatoms. The molecule has 7 nitrogen and oxygen atoms in total. The molecule has 4 rings (SSSR count). The number of hydrogen-bond donors (Lipinski definition) is 2. The molecule has 4 aromatic rings. The number of nitrogens with zero attached hydrogens (tertiary/aromatic N) is 2. The Balaban J connectivity index is 1.28. The van der Waals surface area contributed by atoms with E-state index < -0.39 is 0 Å². The lowest BCUT2D eigenvalue weighted by Crippen LogP contribution is -2.14. The highest BCUT2D eigenvalue weighted by Gasteiger charge is 2.10. The maximum atomic E-state index is 12.3. The molecule has 2 N–H and O–H groups in total. The van der Waals surface area contributed by atoms with Gasteiger partial charge in [-0.3, -0.25) is 9.89 Å². The number of carbonyl (C=O) groups is 1.